The Balaban J connectivity index is 1.49. The number of rotatable bonds is 3. The first-order valence-corrected chi connectivity index (χ1v) is 8.34. The molecule has 1 aliphatic heterocycles. The lowest BCUT2D eigenvalue weighted by Gasteiger charge is -2.37. The summed E-state index contributed by atoms with van der Waals surface area (Å²) in [6.45, 7) is 2.47. The second-order valence-corrected chi connectivity index (χ2v) is 6.91. The average Bonchev–Trinajstić information content (AvgIpc) is 2.89. The van der Waals surface area contributed by atoms with Crippen molar-refractivity contribution in [1.82, 2.24) is 4.90 Å². The first kappa shape index (κ1) is 14.4. The van der Waals surface area contributed by atoms with Crippen LogP contribution in [-0.2, 0) is 6.42 Å². The van der Waals surface area contributed by atoms with Crippen LogP contribution in [-0.4, -0.2) is 30.1 Å². The van der Waals surface area contributed by atoms with E-state index in [1.165, 1.54) is 57.2 Å². The largest absolute Gasteiger partial charge is 0.326 e. The van der Waals surface area contributed by atoms with Crippen molar-refractivity contribution < 1.29 is 0 Å². The van der Waals surface area contributed by atoms with Gasteiger partial charge in [0.05, 0.1) is 0 Å². The SMILES string of the molecule is N[C@@H]1CCC[C@@H]1N1CCC(Cc2ccc(Cl)cc2)CC1. The third-order valence-electron chi connectivity index (χ3n) is 5.09. The normalized spacial score (nSPS) is 28.9. The predicted octanol–water partition coefficient (Wildman–Crippen LogP) is 3.47. The molecule has 2 atom stereocenters. The zero-order valence-electron chi connectivity index (χ0n) is 12.1. The topological polar surface area (TPSA) is 29.3 Å². The second-order valence-electron chi connectivity index (χ2n) is 6.47. The van der Waals surface area contributed by atoms with Crippen molar-refractivity contribution in [3.05, 3.63) is 34.9 Å². The number of nitrogens with two attached hydrogens (primary N) is 1. The monoisotopic (exact) mass is 292 g/mol. The lowest BCUT2D eigenvalue weighted by atomic mass is 9.89. The van der Waals surface area contributed by atoms with Crippen LogP contribution in [0.5, 0.6) is 0 Å². The van der Waals surface area contributed by atoms with Gasteiger partial charge in [-0.05, 0) is 68.8 Å². The van der Waals surface area contributed by atoms with Gasteiger partial charge in [-0.1, -0.05) is 30.2 Å². The molecule has 0 aromatic heterocycles. The Morgan fingerprint density at radius 1 is 1.05 bits per heavy atom. The number of hydrogen-bond acceptors (Lipinski definition) is 2. The van der Waals surface area contributed by atoms with Gasteiger partial charge in [-0.25, -0.2) is 0 Å². The number of likely N-dealkylation sites (tertiary alicyclic amines) is 1. The Labute approximate surface area is 127 Å². The molecule has 0 amide bonds. The summed E-state index contributed by atoms with van der Waals surface area (Å²) in [5.41, 5.74) is 7.65. The molecule has 1 heterocycles. The third kappa shape index (κ3) is 3.36. The van der Waals surface area contributed by atoms with E-state index in [4.69, 9.17) is 17.3 Å². The molecule has 1 aliphatic carbocycles. The van der Waals surface area contributed by atoms with Crippen molar-refractivity contribution in [3.63, 3.8) is 0 Å². The number of hydrogen-bond donors (Lipinski definition) is 1. The smallest absolute Gasteiger partial charge is 0.0406 e. The van der Waals surface area contributed by atoms with Crippen LogP contribution in [0.3, 0.4) is 0 Å². The molecule has 110 valence electrons. The van der Waals surface area contributed by atoms with E-state index in [1.54, 1.807) is 0 Å². The molecule has 0 radical (unpaired) electrons. The molecular formula is C17H25ClN2. The van der Waals surface area contributed by atoms with Crippen LogP contribution in [0.2, 0.25) is 5.02 Å². The molecule has 3 heteroatoms. The fourth-order valence-corrected chi connectivity index (χ4v) is 3.99. The molecule has 0 unspecified atom stereocenters. The minimum atomic E-state index is 0.419. The summed E-state index contributed by atoms with van der Waals surface area (Å²) in [7, 11) is 0. The predicted molar refractivity (Wildman–Crippen MR) is 85.1 cm³/mol. The van der Waals surface area contributed by atoms with E-state index in [-0.39, 0.29) is 0 Å². The van der Waals surface area contributed by atoms with Crippen molar-refractivity contribution in [3.8, 4) is 0 Å². The van der Waals surface area contributed by atoms with Gasteiger partial charge in [0.2, 0.25) is 0 Å². The second kappa shape index (κ2) is 6.46. The van der Waals surface area contributed by atoms with Crippen LogP contribution < -0.4 is 5.73 Å². The summed E-state index contributed by atoms with van der Waals surface area (Å²) in [4.78, 5) is 2.65. The van der Waals surface area contributed by atoms with Crippen LogP contribution in [0.4, 0.5) is 0 Å². The quantitative estimate of drug-likeness (QED) is 0.924. The summed E-state index contributed by atoms with van der Waals surface area (Å²) in [5, 5.41) is 0.832. The van der Waals surface area contributed by atoms with Gasteiger partial charge >= 0.3 is 0 Å². The van der Waals surface area contributed by atoms with Crippen LogP contribution in [0.25, 0.3) is 0 Å². The Morgan fingerprint density at radius 3 is 2.35 bits per heavy atom. The molecule has 2 nitrogen and oxygen atoms in total. The van der Waals surface area contributed by atoms with E-state index in [2.05, 4.69) is 17.0 Å². The summed E-state index contributed by atoms with van der Waals surface area (Å²) < 4.78 is 0. The van der Waals surface area contributed by atoms with Gasteiger partial charge in [0.25, 0.3) is 0 Å². The van der Waals surface area contributed by atoms with E-state index in [1.807, 2.05) is 12.1 Å². The maximum Gasteiger partial charge on any atom is 0.0406 e. The fourth-order valence-electron chi connectivity index (χ4n) is 3.87. The van der Waals surface area contributed by atoms with Gasteiger partial charge in [0.15, 0.2) is 0 Å². The Bertz CT molecular complexity index is 423. The first-order chi connectivity index (χ1) is 9.72. The molecule has 2 N–H and O–H groups in total. The highest BCUT2D eigenvalue weighted by molar-refractivity contribution is 6.30. The van der Waals surface area contributed by atoms with Gasteiger partial charge in [-0.15, -0.1) is 0 Å². The van der Waals surface area contributed by atoms with Crippen molar-refractivity contribution in [2.45, 2.75) is 50.6 Å². The fraction of sp³-hybridized carbons (Fsp3) is 0.647. The summed E-state index contributed by atoms with van der Waals surface area (Å²) in [5.74, 6) is 0.824. The molecule has 0 spiro atoms. The summed E-state index contributed by atoms with van der Waals surface area (Å²) in [6.07, 6.45) is 7.66. The minimum absolute atomic E-state index is 0.419. The van der Waals surface area contributed by atoms with E-state index in [0.717, 1.165) is 10.9 Å². The molecular weight excluding hydrogens is 268 g/mol. The van der Waals surface area contributed by atoms with Crippen molar-refractivity contribution in [2.75, 3.05) is 13.1 Å². The van der Waals surface area contributed by atoms with E-state index in [9.17, 15) is 0 Å². The lowest BCUT2D eigenvalue weighted by molar-refractivity contribution is 0.125. The molecule has 1 saturated heterocycles. The molecule has 0 bridgehead atoms. The van der Waals surface area contributed by atoms with Gasteiger partial charge in [0, 0.05) is 17.1 Å². The molecule has 20 heavy (non-hydrogen) atoms. The highest BCUT2D eigenvalue weighted by Gasteiger charge is 2.31. The van der Waals surface area contributed by atoms with E-state index >= 15 is 0 Å². The van der Waals surface area contributed by atoms with Gasteiger partial charge in [0.1, 0.15) is 0 Å². The molecule has 1 saturated carbocycles. The van der Waals surface area contributed by atoms with Gasteiger partial charge < -0.3 is 5.73 Å². The zero-order valence-corrected chi connectivity index (χ0v) is 12.9. The highest BCUT2D eigenvalue weighted by atomic mass is 35.5. The number of nitrogens with zero attached hydrogens (tertiary/aromatic N) is 1. The number of piperidine rings is 1. The van der Waals surface area contributed by atoms with Crippen molar-refractivity contribution >= 4 is 11.6 Å². The molecule has 2 fully saturated rings. The maximum atomic E-state index is 6.23. The lowest BCUT2D eigenvalue weighted by Crippen LogP contribution is -2.48. The summed E-state index contributed by atoms with van der Waals surface area (Å²) >= 11 is 5.94. The number of benzene rings is 1. The Kier molecular flexibility index (Phi) is 4.65. The maximum absolute atomic E-state index is 6.23. The number of halogens is 1. The molecule has 3 rings (SSSR count). The standard InChI is InChI=1S/C17H25ClN2/c18-15-6-4-13(5-7-15)12-14-8-10-20(11-9-14)17-3-1-2-16(17)19/h4-7,14,16-17H,1-3,8-12,19H2/t16-,17+/m1/s1. The Morgan fingerprint density at radius 2 is 1.75 bits per heavy atom. The van der Waals surface area contributed by atoms with Crippen LogP contribution in [0.1, 0.15) is 37.7 Å². The van der Waals surface area contributed by atoms with Crippen molar-refractivity contribution in [2.24, 2.45) is 11.7 Å². The highest BCUT2D eigenvalue weighted by Crippen LogP contribution is 2.28. The van der Waals surface area contributed by atoms with Crippen LogP contribution >= 0.6 is 11.6 Å². The van der Waals surface area contributed by atoms with E-state index in [0.29, 0.717) is 12.1 Å². The van der Waals surface area contributed by atoms with Gasteiger partial charge in [-0.3, -0.25) is 4.90 Å². The first-order valence-electron chi connectivity index (χ1n) is 7.96. The molecule has 1 aromatic carbocycles. The Hall–Kier alpha value is -0.570. The molecule has 2 aliphatic rings. The van der Waals surface area contributed by atoms with E-state index < -0.39 is 0 Å². The van der Waals surface area contributed by atoms with Crippen molar-refractivity contribution in [1.29, 1.82) is 0 Å². The van der Waals surface area contributed by atoms with Gasteiger partial charge in [-0.2, -0.15) is 0 Å². The average molecular weight is 293 g/mol. The summed E-state index contributed by atoms with van der Waals surface area (Å²) in [6, 6.07) is 9.42. The minimum Gasteiger partial charge on any atom is -0.326 e. The third-order valence-corrected chi connectivity index (χ3v) is 5.34. The molecule has 1 aromatic rings. The van der Waals surface area contributed by atoms with Crippen LogP contribution in [0.15, 0.2) is 24.3 Å². The van der Waals surface area contributed by atoms with Crippen LogP contribution in [0, 0.1) is 5.92 Å². The zero-order chi connectivity index (χ0) is 13.9.